The molecule has 0 spiro atoms. The van der Waals surface area contributed by atoms with Crippen molar-refractivity contribution in [3.63, 3.8) is 0 Å². The smallest absolute Gasteiger partial charge is 0.313 e. The predicted molar refractivity (Wildman–Crippen MR) is 96.4 cm³/mol. The van der Waals surface area contributed by atoms with Gasteiger partial charge in [-0.05, 0) is 36.6 Å². The molecule has 0 bridgehead atoms. The van der Waals surface area contributed by atoms with Crippen molar-refractivity contribution in [3.05, 3.63) is 23.8 Å². The largest absolute Gasteiger partial charge is 0.354 e. The molecule has 1 heterocycles. The second-order valence-electron chi connectivity index (χ2n) is 5.85. The van der Waals surface area contributed by atoms with E-state index in [0.29, 0.717) is 30.8 Å². The molecule has 144 valence electrons. The number of nitrogens with zero attached hydrogens (tertiary/aromatic N) is 1. The van der Waals surface area contributed by atoms with Crippen LogP contribution in [0.25, 0.3) is 0 Å². The van der Waals surface area contributed by atoms with E-state index in [0.717, 1.165) is 11.8 Å². The van der Waals surface area contributed by atoms with Gasteiger partial charge in [0.1, 0.15) is 0 Å². The number of nitrogens with one attached hydrogen (secondary N) is 2. The lowest BCUT2D eigenvalue weighted by molar-refractivity contribution is -0.139. The van der Waals surface area contributed by atoms with E-state index >= 15 is 0 Å². The Bertz CT molecular complexity index is 776. The summed E-state index contributed by atoms with van der Waals surface area (Å²) in [5.74, 6) is -1.65. The fraction of sp³-hybridized carbons (Fsp3) is 0.500. The number of amides is 2. The van der Waals surface area contributed by atoms with Crippen molar-refractivity contribution in [3.8, 4) is 0 Å². The van der Waals surface area contributed by atoms with Gasteiger partial charge in [-0.3, -0.25) is 13.9 Å². The number of rotatable bonds is 6. The summed E-state index contributed by atoms with van der Waals surface area (Å²) >= 11 is 0. The molecule has 10 heteroatoms. The average molecular weight is 385 g/mol. The fourth-order valence-corrected chi connectivity index (χ4v) is 3.69. The van der Waals surface area contributed by atoms with Gasteiger partial charge in [-0.2, -0.15) is 0 Å². The molecule has 1 aromatic rings. The zero-order valence-corrected chi connectivity index (χ0v) is 15.8. The van der Waals surface area contributed by atoms with Crippen LogP contribution in [0.3, 0.4) is 0 Å². The van der Waals surface area contributed by atoms with Crippen molar-refractivity contribution in [1.29, 1.82) is 0 Å². The molecule has 1 aliphatic heterocycles. The lowest BCUT2D eigenvalue weighted by Gasteiger charge is -2.29. The van der Waals surface area contributed by atoms with Gasteiger partial charge in [0, 0.05) is 26.5 Å². The normalized spacial score (nSPS) is 14.1. The Morgan fingerprint density at radius 2 is 1.92 bits per heavy atom. The number of anilines is 2. The summed E-state index contributed by atoms with van der Waals surface area (Å²) in [6.45, 7) is 0.465. The van der Waals surface area contributed by atoms with Crippen LogP contribution in [0, 0.1) is 0 Å². The summed E-state index contributed by atoms with van der Waals surface area (Å²) in [5, 5.41) is 4.91. The van der Waals surface area contributed by atoms with E-state index in [2.05, 4.69) is 10.6 Å². The molecule has 0 saturated heterocycles. The molecule has 1 aromatic carbocycles. The summed E-state index contributed by atoms with van der Waals surface area (Å²) in [4.78, 5) is 23.8. The Morgan fingerprint density at radius 3 is 2.54 bits per heavy atom. The second-order valence-corrected chi connectivity index (χ2v) is 7.75. The highest BCUT2D eigenvalue weighted by Gasteiger charge is 2.24. The summed E-state index contributed by atoms with van der Waals surface area (Å²) < 4.78 is 34.9. The van der Waals surface area contributed by atoms with Crippen molar-refractivity contribution in [2.24, 2.45) is 0 Å². The van der Waals surface area contributed by atoms with Crippen molar-refractivity contribution < 1.29 is 27.5 Å². The molecule has 26 heavy (non-hydrogen) atoms. The van der Waals surface area contributed by atoms with Gasteiger partial charge in [0.05, 0.1) is 18.5 Å². The number of carbonyl (C=O) groups excluding carboxylic acids is 2. The van der Waals surface area contributed by atoms with Crippen LogP contribution in [-0.2, 0) is 35.5 Å². The lowest BCUT2D eigenvalue weighted by Crippen LogP contribution is -2.40. The minimum absolute atomic E-state index is 0.0345. The van der Waals surface area contributed by atoms with Crippen LogP contribution in [0.15, 0.2) is 18.2 Å². The summed E-state index contributed by atoms with van der Waals surface area (Å²) in [5.41, 5.74) is 1.83. The maximum atomic E-state index is 12.0. The van der Waals surface area contributed by atoms with Crippen LogP contribution in [0.2, 0.25) is 0 Å². The van der Waals surface area contributed by atoms with Crippen LogP contribution >= 0.6 is 0 Å². The van der Waals surface area contributed by atoms with Crippen LogP contribution in [0.1, 0.15) is 12.0 Å². The van der Waals surface area contributed by atoms with Gasteiger partial charge < -0.3 is 20.1 Å². The molecule has 0 fully saturated rings. The third-order valence-corrected chi connectivity index (χ3v) is 5.15. The van der Waals surface area contributed by atoms with Gasteiger partial charge in [0.2, 0.25) is 10.0 Å². The first-order valence-electron chi connectivity index (χ1n) is 8.01. The molecule has 2 amide bonds. The summed E-state index contributed by atoms with van der Waals surface area (Å²) in [6, 6.07) is 4.89. The van der Waals surface area contributed by atoms with Crippen molar-refractivity contribution in [1.82, 2.24) is 5.32 Å². The SMILES string of the molecule is COC(CNC(=O)C(=O)Nc1ccc2c(c1)CCCN2S(C)(=O)=O)OC. The topological polar surface area (TPSA) is 114 Å². The third kappa shape index (κ3) is 4.93. The van der Waals surface area contributed by atoms with Crippen molar-refractivity contribution in [2.75, 3.05) is 43.2 Å². The Labute approximate surface area is 152 Å². The molecule has 2 rings (SSSR count). The quantitative estimate of drug-likeness (QED) is 0.529. The Kier molecular flexibility index (Phi) is 6.57. The predicted octanol–water partition coefficient (Wildman–Crippen LogP) is 0.0724. The first kappa shape index (κ1) is 20.1. The van der Waals surface area contributed by atoms with E-state index in [1.54, 1.807) is 18.2 Å². The van der Waals surface area contributed by atoms with Gasteiger partial charge in [-0.15, -0.1) is 0 Å². The number of hydrogen-bond donors (Lipinski definition) is 2. The lowest BCUT2D eigenvalue weighted by atomic mass is 10.0. The first-order valence-corrected chi connectivity index (χ1v) is 9.86. The first-order chi connectivity index (χ1) is 12.3. The van der Waals surface area contributed by atoms with E-state index < -0.39 is 28.1 Å². The molecule has 9 nitrogen and oxygen atoms in total. The van der Waals surface area contributed by atoms with E-state index in [4.69, 9.17) is 9.47 Å². The molecule has 0 saturated carbocycles. The number of benzene rings is 1. The molecule has 0 aliphatic carbocycles. The van der Waals surface area contributed by atoms with E-state index in [9.17, 15) is 18.0 Å². The maximum Gasteiger partial charge on any atom is 0.313 e. The minimum Gasteiger partial charge on any atom is -0.354 e. The van der Waals surface area contributed by atoms with E-state index in [1.807, 2.05) is 0 Å². The van der Waals surface area contributed by atoms with Gasteiger partial charge >= 0.3 is 11.8 Å². The average Bonchev–Trinajstić information content (AvgIpc) is 2.60. The molecule has 0 radical (unpaired) electrons. The van der Waals surface area contributed by atoms with Gasteiger partial charge in [0.15, 0.2) is 6.29 Å². The van der Waals surface area contributed by atoms with E-state index in [-0.39, 0.29) is 6.54 Å². The number of carbonyl (C=O) groups is 2. The van der Waals surface area contributed by atoms with Crippen LogP contribution in [-0.4, -0.2) is 60.1 Å². The number of ether oxygens (including phenoxy) is 2. The standard InChI is InChI=1S/C16H23N3O6S/c1-24-14(25-2)10-17-15(20)16(21)18-12-6-7-13-11(9-12)5-4-8-19(13)26(3,22)23/h6-7,9,14H,4-5,8,10H2,1-3H3,(H,17,20)(H,18,21). The highest BCUT2D eigenvalue weighted by molar-refractivity contribution is 7.92. The number of methoxy groups -OCH3 is 2. The number of aryl methyl sites for hydroxylation is 1. The summed E-state index contributed by atoms with van der Waals surface area (Å²) in [7, 11) is -0.503. The van der Waals surface area contributed by atoms with Crippen molar-refractivity contribution in [2.45, 2.75) is 19.1 Å². The van der Waals surface area contributed by atoms with Crippen LogP contribution < -0.4 is 14.9 Å². The maximum absolute atomic E-state index is 12.0. The van der Waals surface area contributed by atoms with E-state index in [1.165, 1.54) is 18.5 Å². The fourth-order valence-electron chi connectivity index (χ4n) is 2.69. The summed E-state index contributed by atoms with van der Waals surface area (Å²) in [6.07, 6.45) is 1.90. The highest BCUT2D eigenvalue weighted by atomic mass is 32.2. The molecule has 0 aromatic heterocycles. The third-order valence-electron chi connectivity index (χ3n) is 3.98. The molecule has 1 aliphatic rings. The van der Waals surface area contributed by atoms with Gasteiger partial charge in [-0.1, -0.05) is 0 Å². The van der Waals surface area contributed by atoms with Crippen molar-refractivity contribution >= 4 is 33.2 Å². The second kappa shape index (κ2) is 8.47. The Balaban J connectivity index is 2.04. The zero-order valence-electron chi connectivity index (χ0n) is 14.9. The van der Waals surface area contributed by atoms with Crippen LogP contribution in [0.4, 0.5) is 11.4 Å². The molecule has 0 unspecified atom stereocenters. The number of hydrogen-bond acceptors (Lipinski definition) is 6. The monoisotopic (exact) mass is 385 g/mol. The minimum atomic E-state index is -3.35. The number of fused-ring (bicyclic) bond motifs is 1. The molecular weight excluding hydrogens is 362 g/mol. The Morgan fingerprint density at radius 1 is 1.23 bits per heavy atom. The number of sulfonamides is 1. The highest BCUT2D eigenvalue weighted by Crippen LogP contribution is 2.31. The zero-order chi connectivity index (χ0) is 19.3. The van der Waals surface area contributed by atoms with Gasteiger partial charge in [-0.25, -0.2) is 8.42 Å². The molecule has 2 N–H and O–H groups in total. The van der Waals surface area contributed by atoms with Crippen LogP contribution in [0.5, 0.6) is 0 Å². The molecular formula is C16H23N3O6S. The van der Waals surface area contributed by atoms with Gasteiger partial charge in [0.25, 0.3) is 0 Å². The Hall–Kier alpha value is -2.17. The molecule has 0 atom stereocenters.